The van der Waals surface area contributed by atoms with E-state index in [9.17, 15) is 4.79 Å². The highest BCUT2D eigenvalue weighted by Crippen LogP contribution is 2.22. The minimum atomic E-state index is -0.756. The molecule has 0 heterocycles. The van der Waals surface area contributed by atoms with E-state index in [2.05, 4.69) is 0 Å². The van der Waals surface area contributed by atoms with Crippen LogP contribution >= 0.6 is 0 Å². The van der Waals surface area contributed by atoms with Gasteiger partial charge in [-0.3, -0.25) is 4.79 Å². The van der Waals surface area contributed by atoms with Crippen LogP contribution < -0.4 is 0 Å². The van der Waals surface area contributed by atoms with Crippen molar-refractivity contribution in [2.45, 2.75) is 27.2 Å². The molecule has 0 rings (SSSR count). The molecule has 0 aromatic heterocycles. The molecule has 10 heavy (non-hydrogen) atoms. The van der Waals surface area contributed by atoms with Gasteiger partial charge in [-0.1, -0.05) is 19.1 Å². The van der Waals surface area contributed by atoms with Crippen molar-refractivity contribution < 1.29 is 9.90 Å². The second-order valence-corrected chi connectivity index (χ2v) is 2.58. The Kier molecular flexibility index (Phi) is 3.13. The summed E-state index contributed by atoms with van der Waals surface area (Å²) in [6.45, 7) is 5.42. The molecular formula is C8H14O2. The van der Waals surface area contributed by atoms with Crippen molar-refractivity contribution in [1.29, 1.82) is 0 Å². The van der Waals surface area contributed by atoms with Gasteiger partial charge in [0, 0.05) is 0 Å². The van der Waals surface area contributed by atoms with E-state index in [-0.39, 0.29) is 0 Å². The maximum atomic E-state index is 10.6. The molecule has 0 radical (unpaired) electrons. The van der Waals surface area contributed by atoms with Crippen molar-refractivity contribution in [2.24, 2.45) is 5.41 Å². The predicted molar refractivity (Wildman–Crippen MR) is 40.8 cm³/mol. The molecule has 0 amide bonds. The minimum absolute atomic E-state index is 0.632. The first-order valence-corrected chi connectivity index (χ1v) is 3.44. The van der Waals surface area contributed by atoms with Gasteiger partial charge in [-0.25, -0.2) is 0 Å². The van der Waals surface area contributed by atoms with Gasteiger partial charge in [0.2, 0.25) is 0 Å². The van der Waals surface area contributed by atoms with Crippen LogP contribution in [0.1, 0.15) is 27.2 Å². The quantitative estimate of drug-likeness (QED) is 0.612. The number of carbonyl (C=O) groups is 1. The van der Waals surface area contributed by atoms with E-state index in [1.807, 2.05) is 13.8 Å². The van der Waals surface area contributed by atoms with Gasteiger partial charge in [0.25, 0.3) is 0 Å². The Hall–Kier alpha value is -0.790. The lowest BCUT2D eigenvalue weighted by Gasteiger charge is -2.17. The summed E-state index contributed by atoms with van der Waals surface area (Å²) < 4.78 is 0. The van der Waals surface area contributed by atoms with E-state index in [1.165, 1.54) is 0 Å². The van der Waals surface area contributed by atoms with Crippen LogP contribution in [0.2, 0.25) is 0 Å². The zero-order chi connectivity index (χ0) is 8.20. The van der Waals surface area contributed by atoms with Gasteiger partial charge in [-0.05, 0) is 20.3 Å². The molecule has 1 atom stereocenters. The Morgan fingerprint density at radius 2 is 2.20 bits per heavy atom. The summed E-state index contributed by atoms with van der Waals surface area (Å²) >= 11 is 0. The first-order chi connectivity index (χ1) is 4.56. The van der Waals surface area contributed by atoms with Gasteiger partial charge >= 0.3 is 5.97 Å². The molecule has 0 aliphatic carbocycles. The maximum absolute atomic E-state index is 10.6. The van der Waals surface area contributed by atoms with Crippen molar-refractivity contribution in [3.63, 3.8) is 0 Å². The summed E-state index contributed by atoms with van der Waals surface area (Å²) in [5, 5.41) is 8.71. The monoisotopic (exact) mass is 142 g/mol. The van der Waals surface area contributed by atoms with Gasteiger partial charge in [0.05, 0.1) is 5.41 Å². The molecule has 2 nitrogen and oxygen atoms in total. The Bertz CT molecular complexity index is 149. The standard InChI is InChI=1S/C8H14O2/c1-4-6-8(3,5-2)7(9)10/h4,6H,5H2,1-3H3,(H,9,10)/b6-4+. The maximum Gasteiger partial charge on any atom is 0.313 e. The van der Waals surface area contributed by atoms with Crippen LogP contribution in [0.4, 0.5) is 0 Å². The molecule has 1 unspecified atom stereocenters. The third-order valence-electron chi connectivity index (χ3n) is 1.76. The molecule has 2 heteroatoms. The van der Waals surface area contributed by atoms with Gasteiger partial charge in [0.1, 0.15) is 0 Å². The Labute approximate surface area is 61.6 Å². The molecule has 0 saturated carbocycles. The smallest absolute Gasteiger partial charge is 0.313 e. The van der Waals surface area contributed by atoms with Crippen molar-refractivity contribution in [3.05, 3.63) is 12.2 Å². The largest absolute Gasteiger partial charge is 0.481 e. The van der Waals surface area contributed by atoms with Crippen LogP contribution in [0.3, 0.4) is 0 Å². The predicted octanol–water partition coefficient (Wildman–Crippen LogP) is 2.06. The van der Waals surface area contributed by atoms with E-state index >= 15 is 0 Å². The molecule has 0 fully saturated rings. The summed E-state index contributed by atoms with van der Waals surface area (Å²) in [7, 11) is 0. The minimum Gasteiger partial charge on any atom is -0.481 e. The van der Waals surface area contributed by atoms with Crippen LogP contribution in [0, 0.1) is 5.41 Å². The van der Waals surface area contributed by atoms with Crippen LogP contribution in [0.5, 0.6) is 0 Å². The first kappa shape index (κ1) is 9.21. The number of aliphatic carboxylic acids is 1. The zero-order valence-electron chi connectivity index (χ0n) is 6.72. The third-order valence-corrected chi connectivity index (χ3v) is 1.76. The first-order valence-electron chi connectivity index (χ1n) is 3.44. The molecular weight excluding hydrogens is 128 g/mol. The summed E-state index contributed by atoms with van der Waals surface area (Å²) in [5.74, 6) is -0.756. The Balaban J connectivity index is 4.38. The highest BCUT2D eigenvalue weighted by molar-refractivity contribution is 5.76. The molecule has 1 N–H and O–H groups in total. The summed E-state index contributed by atoms with van der Waals surface area (Å²) in [5.41, 5.74) is -0.672. The number of rotatable bonds is 3. The fourth-order valence-corrected chi connectivity index (χ4v) is 0.708. The van der Waals surface area contributed by atoms with Gasteiger partial charge < -0.3 is 5.11 Å². The molecule has 0 saturated heterocycles. The lowest BCUT2D eigenvalue weighted by atomic mass is 9.87. The summed E-state index contributed by atoms with van der Waals surface area (Å²) in [6.07, 6.45) is 4.12. The number of allylic oxidation sites excluding steroid dienone is 1. The molecule has 0 spiro atoms. The van der Waals surface area contributed by atoms with Crippen molar-refractivity contribution in [2.75, 3.05) is 0 Å². The van der Waals surface area contributed by atoms with E-state index in [4.69, 9.17) is 5.11 Å². The summed E-state index contributed by atoms with van der Waals surface area (Å²) in [6, 6.07) is 0. The number of carboxylic acid groups (broad SMARTS) is 1. The van der Waals surface area contributed by atoms with Gasteiger partial charge in [-0.2, -0.15) is 0 Å². The molecule has 0 aliphatic rings. The fraction of sp³-hybridized carbons (Fsp3) is 0.625. The van der Waals surface area contributed by atoms with E-state index in [0.29, 0.717) is 6.42 Å². The van der Waals surface area contributed by atoms with E-state index < -0.39 is 11.4 Å². The molecule has 0 aromatic rings. The highest BCUT2D eigenvalue weighted by atomic mass is 16.4. The second kappa shape index (κ2) is 3.40. The average Bonchev–Trinajstić information content (AvgIpc) is 1.88. The van der Waals surface area contributed by atoms with Crippen LogP contribution in [-0.2, 0) is 4.79 Å². The van der Waals surface area contributed by atoms with Crippen LogP contribution in [0.15, 0.2) is 12.2 Å². The van der Waals surface area contributed by atoms with Gasteiger partial charge in [-0.15, -0.1) is 0 Å². The fourth-order valence-electron chi connectivity index (χ4n) is 0.708. The molecule has 0 bridgehead atoms. The van der Waals surface area contributed by atoms with E-state index in [1.54, 1.807) is 19.1 Å². The number of carboxylic acids is 1. The number of hydrogen-bond donors (Lipinski definition) is 1. The SMILES string of the molecule is C/C=C/C(C)(CC)C(=O)O. The van der Waals surface area contributed by atoms with Crippen LogP contribution in [0.25, 0.3) is 0 Å². The summed E-state index contributed by atoms with van der Waals surface area (Å²) in [4.78, 5) is 10.6. The van der Waals surface area contributed by atoms with E-state index in [0.717, 1.165) is 0 Å². The number of hydrogen-bond acceptors (Lipinski definition) is 1. The lowest BCUT2D eigenvalue weighted by Crippen LogP contribution is -2.23. The topological polar surface area (TPSA) is 37.3 Å². The Morgan fingerprint density at radius 1 is 1.70 bits per heavy atom. The van der Waals surface area contributed by atoms with Crippen molar-refractivity contribution in [3.8, 4) is 0 Å². The third kappa shape index (κ3) is 1.87. The lowest BCUT2D eigenvalue weighted by molar-refractivity contribution is -0.145. The van der Waals surface area contributed by atoms with Crippen LogP contribution in [-0.4, -0.2) is 11.1 Å². The Morgan fingerprint density at radius 3 is 2.30 bits per heavy atom. The van der Waals surface area contributed by atoms with Crippen molar-refractivity contribution in [1.82, 2.24) is 0 Å². The molecule has 0 aromatic carbocycles. The highest BCUT2D eigenvalue weighted by Gasteiger charge is 2.26. The second-order valence-electron chi connectivity index (χ2n) is 2.58. The molecule has 58 valence electrons. The molecule has 0 aliphatic heterocycles. The zero-order valence-corrected chi connectivity index (χ0v) is 6.72. The van der Waals surface area contributed by atoms with Crippen molar-refractivity contribution >= 4 is 5.97 Å². The average molecular weight is 142 g/mol. The van der Waals surface area contributed by atoms with Gasteiger partial charge in [0.15, 0.2) is 0 Å². The normalized spacial score (nSPS) is 17.1.